The van der Waals surface area contributed by atoms with E-state index < -0.39 is 11.7 Å². The third kappa shape index (κ3) is 5.47. The van der Waals surface area contributed by atoms with E-state index in [1.54, 1.807) is 31.5 Å². The van der Waals surface area contributed by atoms with E-state index in [0.29, 0.717) is 12.1 Å². The molecule has 0 saturated carbocycles. The first-order chi connectivity index (χ1) is 13.5. The molecule has 1 amide bonds. The van der Waals surface area contributed by atoms with Crippen LogP contribution in [0.4, 0.5) is 10.1 Å². The standard InChI is InChI=1S/C21H18BrFN4O/c1-14-5-6-16(11-19(14)23)20(28)27-21(25-13-15-7-9-24-10-8-15)26-18-4-2-3-17(22)12-18/h2-12H,13H2,1H3,(H2,25,26,27,28). The van der Waals surface area contributed by atoms with Gasteiger partial charge >= 0.3 is 0 Å². The van der Waals surface area contributed by atoms with Gasteiger partial charge in [0, 0.05) is 28.1 Å². The molecule has 0 saturated heterocycles. The van der Waals surface area contributed by atoms with Crippen molar-refractivity contribution in [2.75, 3.05) is 5.32 Å². The van der Waals surface area contributed by atoms with E-state index in [0.717, 1.165) is 15.7 Å². The average molecular weight is 441 g/mol. The zero-order valence-electron chi connectivity index (χ0n) is 15.1. The Kier molecular flexibility index (Phi) is 6.49. The van der Waals surface area contributed by atoms with Gasteiger partial charge in [-0.2, -0.15) is 0 Å². The second-order valence-electron chi connectivity index (χ2n) is 6.07. The maximum absolute atomic E-state index is 13.8. The van der Waals surface area contributed by atoms with Crippen LogP contribution in [0, 0.1) is 12.7 Å². The lowest BCUT2D eigenvalue weighted by Gasteiger charge is -2.12. The van der Waals surface area contributed by atoms with Crippen molar-refractivity contribution in [2.45, 2.75) is 13.5 Å². The summed E-state index contributed by atoms with van der Waals surface area (Å²) in [6.07, 6.45) is 3.36. The number of nitrogens with zero attached hydrogens (tertiary/aromatic N) is 2. The zero-order valence-corrected chi connectivity index (χ0v) is 16.7. The van der Waals surface area contributed by atoms with Gasteiger partial charge in [0.2, 0.25) is 5.96 Å². The summed E-state index contributed by atoms with van der Waals surface area (Å²) in [5.74, 6) is -0.612. The largest absolute Gasteiger partial charge is 0.326 e. The number of hydrogen-bond acceptors (Lipinski definition) is 3. The molecule has 5 nitrogen and oxygen atoms in total. The molecule has 1 heterocycles. The second-order valence-corrected chi connectivity index (χ2v) is 6.99. The number of benzene rings is 2. The first kappa shape index (κ1) is 19.7. The van der Waals surface area contributed by atoms with Crippen molar-refractivity contribution in [1.82, 2.24) is 10.3 Å². The molecule has 0 atom stereocenters. The van der Waals surface area contributed by atoms with Crippen molar-refractivity contribution in [1.29, 1.82) is 0 Å². The minimum absolute atomic E-state index is 0.218. The fraction of sp³-hybridized carbons (Fsp3) is 0.0952. The van der Waals surface area contributed by atoms with Crippen LogP contribution in [0.1, 0.15) is 21.5 Å². The van der Waals surface area contributed by atoms with E-state index in [2.05, 4.69) is 36.5 Å². The number of carbonyl (C=O) groups is 1. The molecule has 0 bridgehead atoms. The monoisotopic (exact) mass is 440 g/mol. The third-order valence-corrected chi connectivity index (χ3v) is 4.42. The number of nitrogens with one attached hydrogen (secondary N) is 2. The number of pyridine rings is 1. The number of carbonyl (C=O) groups excluding carboxylic acids is 1. The van der Waals surface area contributed by atoms with Crippen LogP contribution < -0.4 is 10.6 Å². The first-order valence-corrected chi connectivity index (χ1v) is 9.34. The Morgan fingerprint density at radius 2 is 1.93 bits per heavy atom. The van der Waals surface area contributed by atoms with Crippen LogP contribution >= 0.6 is 15.9 Å². The molecule has 0 fully saturated rings. The Balaban J connectivity index is 1.82. The highest BCUT2D eigenvalue weighted by molar-refractivity contribution is 9.10. The molecule has 28 heavy (non-hydrogen) atoms. The average Bonchev–Trinajstić information content (AvgIpc) is 2.69. The van der Waals surface area contributed by atoms with E-state index in [9.17, 15) is 9.18 Å². The number of hydrogen-bond donors (Lipinski definition) is 2. The van der Waals surface area contributed by atoms with E-state index in [-0.39, 0.29) is 11.5 Å². The van der Waals surface area contributed by atoms with Crippen LogP contribution in [0.15, 0.2) is 76.5 Å². The lowest BCUT2D eigenvalue weighted by atomic mass is 10.1. The van der Waals surface area contributed by atoms with Gasteiger partial charge in [-0.05, 0) is 60.5 Å². The number of aliphatic imine (C=N–C) groups is 1. The van der Waals surface area contributed by atoms with Crippen LogP contribution in [0.2, 0.25) is 0 Å². The molecule has 1 aromatic heterocycles. The summed E-state index contributed by atoms with van der Waals surface area (Å²) >= 11 is 3.41. The summed E-state index contributed by atoms with van der Waals surface area (Å²) in [5, 5.41) is 5.82. The highest BCUT2D eigenvalue weighted by Gasteiger charge is 2.11. The van der Waals surface area contributed by atoms with E-state index in [4.69, 9.17) is 0 Å². The molecule has 142 valence electrons. The van der Waals surface area contributed by atoms with Crippen molar-refractivity contribution in [2.24, 2.45) is 4.99 Å². The fourth-order valence-electron chi connectivity index (χ4n) is 2.39. The van der Waals surface area contributed by atoms with Crippen molar-refractivity contribution in [3.05, 3.63) is 94.0 Å². The van der Waals surface area contributed by atoms with Gasteiger partial charge in [0.1, 0.15) is 5.82 Å². The zero-order chi connectivity index (χ0) is 19.9. The number of rotatable bonds is 4. The maximum Gasteiger partial charge on any atom is 0.258 e. The van der Waals surface area contributed by atoms with Crippen LogP contribution in [-0.4, -0.2) is 16.9 Å². The summed E-state index contributed by atoms with van der Waals surface area (Å²) in [5.41, 5.74) is 2.39. The van der Waals surface area contributed by atoms with Gasteiger partial charge in [-0.3, -0.25) is 15.1 Å². The Morgan fingerprint density at radius 1 is 1.14 bits per heavy atom. The van der Waals surface area contributed by atoms with Crippen molar-refractivity contribution in [3.8, 4) is 0 Å². The number of amides is 1. The van der Waals surface area contributed by atoms with Crippen LogP contribution in [-0.2, 0) is 6.54 Å². The number of guanidine groups is 1. The van der Waals surface area contributed by atoms with Crippen molar-refractivity contribution < 1.29 is 9.18 Å². The summed E-state index contributed by atoms with van der Waals surface area (Å²) in [7, 11) is 0. The predicted molar refractivity (Wildman–Crippen MR) is 112 cm³/mol. The van der Waals surface area contributed by atoms with Crippen molar-refractivity contribution >= 4 is 33.5 Å². The number of anilines is 1. The summed E-state index contributed by atoms with van der Waals surface area (Å²) in [6, 6.07) is 15.5. The highest BCUT2D eigenvalue weighted by atomic mass is 79.9. The molecule has 0 aliphatic rings. The summed E-state index contributed by atoms with van der Waals surface area (Å²) in [6.45, 7) is 1.99. The fourth-order valence-corrected chi connectivity index (χ4v) is 2.78. The minimum Gasteiger partial charge on any atom is -0.326 e. The summed E-state index contributed by atoms with van der Waals surface area (Å²) < 4.78 is 14.7. The lowest BCUT2D eigenvalue weighted by molar-refractivity contribution is 0.0976. The van der Waals surface area contributed by atoms with Crippen LogP contribution in [0.3, 0.4) is 0 Å². The molecule has 0 spiro atoms. The first-order valence-electron chi connectivity index (χ1n) is 8.55. The molecule has 0 aliphatic carbocycles. The molecular formula is C21H18BrFN4O. The Labute approximate surface area is 170 Å². The predicted octanol–water partition coefficient (Wildman–Crippen LogP) is 4.69. The number of halogens is 2. The van der Waals surface area contributed by atoms with E-state index in [1.807, 2.05) is 36.4 Å². The number of aryl methyl sites for hydroxylation is 1. The third-order valence-electron chi connectivity index (χ3n) is 3.92. The van der Waals surface area contributed by atoms with Gasteiger partial charge in [-0.15, -0.1) is 0 Å². The maximum atomic E-state index is 13.8. The van der Waals surface area contributed by atoms with Gasteiger partial charge in [-0.25, -0.2) is 9.38 Å². The Morgan fingerprint density at radius 3 is 2.64 bits per heavy atom. The van der Waals surface area contributed by atoms with Gasteiger partial charge < -0.3 is 5.32 Å². The molecule has 0 radical (unpaired) electrons. The van der Waals surface area contributed by atoms with E-state index in [1.165, 1.54) is 6.07 Å². The molecule has 2 aromatic carbocycles. The Bertz CT molecular complexity index is 1010. The van der Waals surface area contributed by atoms with Gasteiger partial charge in [-0.1, -0.05) is 28.1 Å². The molecule has 3 aromatic rings. The lowest BCUT2D eigenvalue weighted by Crippen LogP contribution is -2.36. The minimum atomic E-state index is -0.449. The second kappa shape index (κ2) is 9.23. The molecule has 0 unspecified atom stereocenters. The van der Waals surface area contributed by atoms with E-state index >= 15 is 0 Å². The summed E-state index contributed by atoms with van der Waals surface area (Å²) in [4.78, 5) is 21.0. The Hall–Kier alpha value is -3.06. The molecule has 0 aliphatic heterocycles. The normalized spacial score (nSPS) is 11.2. The quantitative estimate of drug-likeness (QED) is 0.456. The topological polar surface area (TPSA) is 66.4 Å². The molecule has 2 N–H and O–H groups in total. The van der Waals surface area contributed by atoms with Crippen LogP contribution in [0.5, 0.6) is 0 Å². The van der Waals surface area contributed by atoms with Gasteiger partial charge in [0.25, 0.3) is 5.91 Å². The molecular weight excluding hydrogens is 423 g/mol. The van der Waals surface area contributed by atoms with Gasteiger partial charge in [0.15, 0.2) is 0 Å². The van der Waals surface area contributed by atoms with Crippen molar-refractivity contribution in [3.63, 3.8) is 0 Å². The highest BCUT2D eigenvalue weighted by Crippen LogP contribution is 2.16. The molecule has 3 rings (SSSR count). The molecule has 7 heteroatoms. The smallest absolute Gasteiger partial charge is 0.258 e. The number of aromatic nitrogens is 1. The van der Waals surface area contributed by atoms with Crippen LogP contribution in [0.25, 0.3) is 0 Å². The van der Waals surface area contributed by atoms with Gasteiger partial charge in [0.05, 0.1) is 6.54 Å². The SMILES string of the molecule is Cc1ccc(C(=O)NC(=NCc2ccncc2)Nc2cccc(Br)c2)cc1F.